The van der Waals surface area contributed by atoms with Crippen LogP contribution < -0.4 is 11.1 Å². The molecule has 0 spiro atoms. The second-order valence-electron chi connectivity index (χ2n) is 8.57. The smallest absolute Gasteiger partial charge is 0.0444 e. The summed E-state index contributed by atoms with van der Waals surface area (Å²) in [7, 11) is 0. The highest BCUT2D eigenvalue weighted by Crippen LogP contribution is 2.22. The van der Waals surface area contributed by atoms with Gasteiger partial charge in [-0.1, -0.05) is 84.4 Å². The lowest BCUT2D eigenvalue weighted by molar-refractivity contribution is 0.482. The van der Waals surface area contributed by atoms with E-state index < -0.39 is 0 Å². The van der Waals surface area contributed by atoms with Crippen LogP contribution in [-0.2, 0) is 12.8 Å². The number of aryl methyl sites for hydroxylation is 2. The van der Waals surface area contributed by atoms with Gasteiger partial charge in [-0.2, -0.15) is 0 Å². The summed E-state index contributed by atoms with van der Waals surface area (Å²) in [5.74, 6) is 0.732. The molecular weight excluding hydrogens is 328 g/mol. The van der Waals surface area contributed by atoms with Gasteiger partial charge in [0.05, 0.1) is 0 Å². The second-order valence-corrected chi connectivity index (χ2v) is 8.57. The fourth-order valence-corrected chi connectivity index (χ4v) is 3.71. The van der Waals surface area contributed by atoms with Crippen molar-refractivity contribution < 1.29 is 0 Å². The van der Waals surface area contributed by atoms with Crippen molar-refractivity contribution in [1.82, 2.24) is 5.32 Å². The van der Waals surface area contributed by atoms with Gasteiger partial charge in [-0.15, -0.1) is 0 Å². The summed E-state index contributed by atoms with van der Waals surface area (Å²) >= 11 is 0. The summed E-state index contributed by atoms with van der Waals surface area (Å²) in [6.45, 7) is 10.8. The first-order valence-corrected chi connectivity index (χ1v) is 11.7. The van der Waals surface area contributed by atoms with Gasteiger partial charge in [0.15, 0.2) is 0 Å². The number of nitrogens with one attached hydrogen (secondary N) is 1. The minimum Gasteiger partial charge on any atom is -0.329 e. The Kier molecular flexibility index (Phi) is 13.5. The third-order valence-corrected chi connectivity index (χ3v) is 5.58. The molecule has 0 radical (unpaired) electrons. The molecule has 0 heterocycles. The van der Waals surface area contributed by atoms with Crippen LogP contribution in [0.3, 0.4) is 0 Å². The Morgan fingerprint density at radius 3 is 2.04 bits per heavy atom. The van der Waals surface area contributed by atoms with Gasteiger partial charge >= 0.3 is 0 Å². The summed E-state index contributed by atoms with van der Waals surface area (Å²) < 4.78 is 0. The van der Waals surface area contributed by atoms with Crippen LogP contribution in [0.25, 0.3) is 0 Å². The van der Waals surface area contributed by atoms with Gasteiger partial charge in [0, 0.05) is 12.6 Å². The van der Waals surface area contributed by atoms with E-state index in [1.54, 1.807) is 11.1 Å². The molecule has 3 N–H and O–H groups in total. The lowest BCUT2D eigenvalue weighted by atomic mass is 9.93. The summed E-state index contributed by atoms with van der Waals surface area (Å²) in [4.78, 5) is 0. The van der Waals surface area contributed by atoms with E-state index in [0.717, 1.165) is 12.5 Å². The Balaban J connectivity index is 2.78. The highest BCUT2D eigenvalue weighted by Gasteiger charge is 2.12. The van der Waals surface area contributed by atoms with Crippen LogP contribution in [0.4, 0.5) is 0 Å². The standard InChI is InChI=1S/C25H46N2/c1-5-7-9-11-13-22-15-16-24(19-23(22)14-12-10-8-6-2)25(20-26)27-18-17-21(3)4/h15-16,19,21,25,27H,5-14,17-18,20,26H2,1-4H3. The first-order chi connectivity index (χ1) is 13.1. The van der Waals surface area contributed by atoms with Crippen LogP contribution in [0.2, 0.25) is 0 Å². The molecule has 0 aliphatic rings. The molecule has 2 heteroatoms. The zero-order valence-corrected chi connectivity index (χ0v) is 18.7. The number of nitrogens with two attached hydrogens (primary N) is 1. The molecule has 0 saturated carbocycles. The van der Waals surface area contributed by atoms with E-state index in [9.17, 15) is 0 Å². The maximum atomic E-state index is 6.10. The molecule has 0 saturated heterocycles. The average Bonchev–Trinajstić information content (AvgIpc) is 2.66. The highest BCUT2D eigenvalue weighted by molar-refractivity contribution is 5.34. The molecule has 0 aliphatic carbocycles. The van der Waals surface area contributed by atoms with E-state index in [1.807, 2.05) is 0 Å². The highest BCUT2D eigenvalue weighted by atomic mass is 14.9. The summed E-state index contributed by atoms with van der Waals surface area (Å²) in [6, 6.07) is 7.46. The molecular formula is C25H46N2. The molecule has 1 atom stereocenters. The van der Waals surface area contributed by atoms with Gasteiger partial charge in [-0.05, 0) is 61.3 Å². The van der Waals surface area contributed by atoms with Crippen molar-refractivity contribution in [2.24, 2.45) is 11.7 Å². The van der Waals surface area contributed by atoms with Gasteiger partial charge < -0.3 is 11.1 Å². The molecule has 1 rings (SSSR count). The van der Waals surface area contributed by atoms with Crippen LogP contribution in [0, 0.1) is 5.92 Å². The number of unbranched alkanes of at least 4 members (excludes halogenated alkanes) is 6. The molecule has 0 fully saturated rings. The molecule has 2 nitrogen and oxygen atoms in total. The van der Waals surface area contributed by atoms with E-state index in [-0.39, 0.29) is 6.04 Å². The fourth-order valence-electron chi connectivity index (χ4n) is 3.71. The largest absolute Gasteiger partial charge is 0.329 e. The third kappa shape index (κ3) is 10.3. The minimum atomic E-state index is 0.285. The summed E-state index contributed by atoms with van der Waals surface area (Å²) in [5, 5.41) is 3.68. The fraction of sp³-hybridized carbons (Fsp3) is 0.760. The summed E-state index contributed by atoms with van der Waals surface area (Å²) in [6.07, 6.45) is 14.3. The molecule has 27 heavy (non-hydrogen) atoms. The molecule has 1 unspecified atom stereocenters. The first kappa shape index (κ1) is 24.2. The lowest BCUT2D eigenvalue weighted by Gasteiger charge is -2.20. The molecule has 0 bridgehead atoms. The van der Waals surface area contributed by atoms with Crippen molar-refractivity contribution in [3.05, 3.63) is 34.9 Å². The van der Waals surface area contributed by atoms with Crippen molar-refractivity contribution in [1.29, 1.82) is 0 Å². The van der Waals surface area contributed by atoms with Gasteiger partial charge in [0.1, 0.15) is 0 Å². The first-order valence-electron chi connectivity index (χ1n) is 11.7. The monoisotopic (exact) mass is 374 g/mol. The Morgan fingerprint density at radius 2 is 1.48 bits per heavy atom. The molecule has 1 aromatic carbocycles. The van der Waals surface area contributed by atoms with E-state index in [1.165, 1.54) is 76.2 Å². The normalized spacial score (nSPS) is 12.7. The lowest BCUT2D eigenvalue weighted by Crippen LogP contribution is -2.29. The number of rotatable bonds is 16. The maximum Gasteiger partial charge on any atom is 0.0444 e. The Labute approximate surface area is 169 Å². The predicted octanol–water partition coefficient (Wildman–Crippen LogP) is 6.57. The quantitative estimate of drug-likeness (QED) is 0.321. The van der Waals surface area contributed by atoms with Crippen LogP contribution in [0.1, 0.15) is 108 Å². The van der Waals surface area contributed by atoms with Crippen LogP contribution in [-0.4, -0.2) is 13.1 Å². The van der Waals surface area contributed by atoms with Gasteiger partial charge in [0.2, 0.25) is 0 Å². The number of hydrogen-bond acceptors (Lipinski definition) is 2. The van der Waals surface area contributed by atoms with E-state index in [2.05, 4.69) is 51.2 Å². The van der Waals surface area contributed by atoms with Gasteiger partial charge in [-0.25, -0.2) is 0 Å². The molecule has 156 valence electrons. The third-order valence-electron chi connectivity index (χ3n) is 5.58. The summed E-state index contributed by atoms with van der Waals surface area (Å²) in [5.41, 5.74) is 10.6. The second kappa shape index (κ2) is 15.1. The SMILES string of the molecule is CCCCCCc1ccc(C(CN)NCCC(C)C)cc1CCCCCC. The Hall–Kier alpha value is -0.860. The zero-order chi connectivity index (χ0) is 19.9. The molecule has 0 aliphatic heterocycles. The number of benzene rings is 1. The molecule has 0 aromatic heterocycles. The topological polar surface area (TPSA) is 38.0 Å². The number of hydrogen-bond donors (Lipinski definition) is 2. The van der Waals surface area contributed by atoms with E-state index in [4.69, 9.17) is 5.73 Å². The van der Waals surface area contributed by atoms with Crippen molar-refractivity contribution in [2.75, 3.05) is 13.1 Å². The zero-order valence-electron chi connectivity index (χ0n) is 18.7. The van der Waals surface area contributed by atoms with Crippen molar-refractivity contribution in [3.63, 3.8) is 0 Å². The Bertz CT molecular complexity index is 481. The van der Waals surface area contributed by atoms with E-state index >= 15 is 0 Å². The predicted molar refractivity (Wildman–Crippen MR) is 121 cm³/mol. The molecule has 0 amide bonds. The van der Waals surface area contributed by atoms with Crippen LogP contribution in [0.5, 0.6) is 0 Å². The van der Waals surface area contributed by atoms with Crippen molar-refractivity contribution in [2.45, 2.75) is 104 Å². The maximum absolute atomic E-state index is 6.10. The van der Waals surface area contributed by atoms with Crippen molar-refractivity contribution in [3.8, 4) is 0 Å². The molecule has 1 aromatic rings. The average molecular weight is 375 g/mol. The van der Waals surface area contributed by atoms with Crippen LogP contribution >= 0.6 is 0 Å². The van der Waals surface area contributed by atoms with E-state index in [0.29, 0.717) is 6.54 Å². The minimum absolute atomic E-state index is 0.285. The van der Waals surface area contributed by atoms with Crippen molar-refractivity contribution >= 4 is 0 Å². The Morgan fingerprint density at radius 1 is 0.852 bits per heavy atom. The van der Waals surface area contributed by atoms with Gasteiger partial charge in [0.25, 0.3) is 0 Å². The van der Waals surface area contributed by atoms with Crippen LogP contribution in [0.15, 0.2) is 18.2 Å². The van der Waals surface area contributed by atoms with Gasteiger partial charge in [-0.3, -0.25) is 0 Å².